The largest absolute Gasteiger partial charge is 0.486 e. The summed E-state index contributed by atoms with van der Waals surface area (Å²) in [7, 11) is 0. The van der Waals surface area contributed by atoms with Crippen LogP contribution in [-0.4, -0.2) is 22.3 Å². The summed E-state index contributed by atoms with van der Waals surface area (Å²) in [5.41, 5.74) is 1.23. The highest BCUT2D eigenvalue weighted by Crippen LogP contribution is 2.32. The van der Waals surface area contributed by atoms with Gasteiger partial charge in [-0.05, 0) is 42.0 Å². The maximum Gasteiger partial charge on any atom is 0.262 e. The molecule has 0 saturated heterocycles. The molecule has 0 spiro atoms. The first-order valence-corrected chi connectivity index (χ1v) is 11.4. The number of benzene rings is 3. The maximum atomic E-state index is 13.4. The lowest BCUT2D eigenvalue weighted by atomic mass is 10.2. The number of hydrogen-bond donors (Lipinski definition) is 0. The first-order chi connectivity index (χ1) is 15.6. The van der Waals surface area contributed by atoms with E-state index >= 15 is 0 Å². The van der Waals surface area contributed by atoms with Gasteiger partial charge in [-0.2, -0.15) is 0 Å². The Morgan fingerprint density at radius 3 is 2.72 bits per heavy atom. The second-order valence-corrected chi connectivity index (χ2v) is 8.70. The number of nitrogens with zero attached hydrogens (tertiary/aromatic N) is 2. The van der Waals surface area contributed by atoms with Crippen molar-refractivity contribution >= 4 is 34.3 Å². The van der Waals surface area contributed by atoms with Crippen molar-refractivity contribution in [1.29, 1.82) is 0 Å². The van der Waals surface area contributed by atoms with Crippen LogP contribution in [0.5, 0.6) is 11.5 Å². The van der Waals surface area contributed by atoms with E-state index in [-0.39, 0.29) is 24.0 Å². The molecule has 0 fully saturated rings. The topological polar surface area (TPSA) is 53.4 Å². The van der Waals surface area contributed by atoms with Crippen molar-refractivity contribution in [3.63, 3.8) is 0 Å². The third-order valence-electron chi connectivity index (χ3n) is 5.15. The number of hydrogen-bond acceptors (Lipinski definition) is 5. The van der Waals surface area contributed by atoms with Crippen molar-refractivity contribution in [2.45, 2.75) is 23.6 Å². The summed E-state index contributed by atoms with van der Waals surface area (Å²) in [6, 6.07) is 19.0. The first kappa shape index (κ1) is 20.8. The van der Waals surface area contributed by atoms with E-state index in [9.17, 15) is 9.18 Å². The van der Waals surface area contributed by atoms with Crippen molar-refractivity contribution in [3.8, 4) is 11.5 Å². The number of thioether (sulfide) groups is 1. The number of ether oxygens (including phenoxy) is 2. The average Bonchev–Trinajstić information content (AvgIpc) is 2.80. The molecule has 5 rings (SSSR count). The molecule has 162 valence electrons. The number of para-hydroxylation sites is 3. The molecule has 3 aromatic carbocycles. The van der Waals surface area contributed by atoms with Gasteiger partial charge in [0.15, 0.2) is 22.8 Å². The molecule has 5 nitrogen and oxygen atoms in total. The van der Waals surface area contributed by atoms with Crippen molar-refractivity contribution < 1.29 is 13.9 Å². The van der Waals surface area contributed by atoms with E-state index in [2.05, 4.69) is 0 Å². The highest BCUT2D eigenvalue weighted by atomic mass is 35.5. The second kappa shape index (κ2) is 8.84. The van der Waals surface area contributed by atoms with Crippen LogP contribution in [0.4, 0.5) is 4.39 Å². The molecular weight excluding hydrogens is 451 g/mol. The predicted molar refractivity (Wildman–Crippen MR) is 123 cm³/mol. The molecule has 4 aromatic rings. The quantitative estimate of drug-likeness (QED) is 0.293. The molecule has 8 heteroatoms. The van der Waals surface area contributed by atoms with Gasteiger partial charge in [0.25, 0.3) is 5.56 Å². The zero-order valence-electron chi connectivity index (χ0n) is 16.8. The highest BCUT2D eigenvalue weighted by molar-refractivity contribution is 7.98. The number of rotatable bonds is 5. The Hall–Kier alpha value is -3.03. The molecule has 32 heavy (non-hydrogen) atoms. The third-order valence-corrected chi connectivity index (χ3v) is 6.53. The van der Waals surface area contributed by atoms with Crippen LogP contribution in [0.25, 0.3) is 10.9 Å². The van der Waals surface area contributed by atoms with Gasteiger partial charge in [-0.15, -0.1) is 0 Å². The van der Waals surface area contributed by atoms with Crippen LogP contribution in [0.3, 0.4) is 0 Å². The predicted octanol–water partition coefficient (Wildman–Crippen LogP) is 5.32. The smallest absolute Gasteiger partial charge is 0.262 e. The molecule has 1 atom stereocenters. The van der Waals surface area contributed by atoms with Gasteiger partial charge in [-0.1, -0.05) is 53.7 Å². The van der Waals surface area contributed by atoms with Crippen molar-refractivity contribution in [2.75, 3.05) is 6.61 Å². The fourth-order valence-corrected chi connectivity index (χ4v) is 4.88. The van der Waals surface area contributed by atoms with Crippen LogP contribution < -0.4 is 15.0 Å². The van der Waals surface area contributed by atoms with Gasteiger partial charge in [0, 0.05) is 10.8 Å². The minimum atomic E-state index is -0.390. The summed E-state index contributed by atoms with van der Waals surface area (Å²) in [6.07, 6.45) is -0.348. The SMILES string of the molecule is O=c1c2ccccc2nc(SCc2ccc(F)cc2Cl)n1C[C@@H]1COc2ccccc2O1. The molecule has 0 radical (unpaired) electrons. The van der Waals surface area contributed by atoms with E-state index in [4.69, 9.17) is 26.1 Å². The minimum Gasteiger partial charge on any atom is -0.486 e. The van der Waals surface area contributed by atoms with Crippen LogP contribution in [0.2, 0.25) is 5.02 Å². The molecule has 1 aliphatic heterocycles. The van der Waals surface area contributed by atoms with E-state index in [1.54, 1.807) is 16.7 Å². The highest BCUT2D eigenvalue weighted by Gasteiger charge is 2.23. The van der Waals surface area contributed by atoms with Crippen LogP contribution in [0.1, 0.15) is 5.56 Å². The second-order valence-electron chi connectivity index (χ2n) is 7.35. The summed E-state index contributed by atoms with van der Waals surface area (Å²) in [5.74, 6) is 1.39. The number of halogens is 2. The lowest BCUT2D eigenvalue weighted by Gasteiger charge is -2.27. The standard InChI is InChI=1S/C24H18ClFN2O3S/c25-19-11-16(26)10-9-15(19)14-32-24-27-20-6-2-1-5-18(20)23(29)28(24)12-17-13-30-21-7-3-4-8-22(21)31-17/h1-11,17H,12-14H2/t17-/m1/s1. The normalized spacial score (nSPS) is 15.1. The molecule has 1 aliphatic rings. The van der Waals surface area contributed by atoms with Gasteiger partial charge in [0.1, 0.15) is 12.4 Å². The monoisotopic (exact) mass is 468 g/mol. The Labute approximate surface area is 192 Å². The van der Waals surface area contributed by atoms with Gasteiger partial charge < -0.3 is 9.47 Å². The van der Waals surface area contributed by atoms with Crippen LogP contribution >= 0.6 is 23.4 Å². The van der Waals surface area contributed by atoms with Gasteiger partial charge in [-0.3, -0.25) is 9.36 Å². The van der Waals surface area contributed by atoms with Gasteiger partial charge >= 0.3 is 0 Å². The molecule has 0 unspecified atom stereocenters. The van der Waals surface area contributed by atoms with Crippen molar-refractivity contribution in [2.24, 2.45) is 0 Å². The fraction of sp³-hybridized carbons (Fsp3) is 0.167. The first-order valence-electron chi connectivity index (χ1n) is 10.0. The lowest BCUT2D eigenvalue weighted by molar-refractivity contribution is 0.0757. The van der Waals surface area contributed by atoms with Gasteiger partial charge in [0.05, 0.1) is 17.4 Å². The van der Waals surface area contributed by atoms with Crippen molar-refractivity contribution in [3.05, 3.63) is 93.5 Å². The Balaban J connectivity index is 1.47. The summed E-state index contributed by atoms with van der Waals surface area (Å²) in [4.78, 5) is 18.0. The van der Waals surface area contributed by atoms with Crippen molar-refractivity contribution in [1.82, 2.24) is 9.55 Å². The molecule has 1 aromatic heterocycles. The third kappa shape index (κ3) is 4.18. The zero-order valence-corrected chi connectivity index (χ0v) is 18.4. The van der Waals surface area contributed by atoms with E-state index in [1.165, 1.54) is 23.9 Å². The summed E-state index contributed by atoms with van der Waals surface area (Å²) in [6.45, 7) is 0.606. The molecule has 2 heterocycles. The Kier molecular flexibility index (Phi) is 5.76. The van der Waals surface area contributed by atoms with E-state index in [0.29, 0.717) is 44.9 Å². The van der Waals surface area contributed by atoms with Gasteiger partial charge in [0.2, 0.25) is 0 Å². The minimum absolute atomic E-state index is 0.147. The molecule has 0 saturated carbocycles. The average molecular weight is 469 g/mol. The van der Waals surface area contributed by atoms with E-state index < -0.39 is 0 Å². The fourth-order valence-electron chi connectivity index (χ4n) is 3.56. The van der Waals surface area contributed by atoms with Crippen LogP contribution in [-0.2, 0) is 12.3 Å². The Morgan fingerprint density at radius 1 is 1.09 bits per heavy atom. The molecule has 0 aliphatic carbocycles. The Morgan fingerprint density at radius 2 is 1.88 bits per heavy atom. The van der Waals surface area contributed by atoms with E-state index in [1.807, 2.05) is 42.5 Å². The number of fused-ring (bicyclic) bond motifs is 2. The zero-order chi connectivity index (χ0) is 22.1. The van der Waals surface area contributed by atoms with Gasteiger partial charge in [-0.25, -0.2) is 9.37 Å². The Bertz CT molecular complexity index is 1360. The summed E-state index contributed by atoms with van der Waals surface area (Å²) in [5, 5.41) is 1.41. The van der Waals surface area contributed by atoms with E-state index in [0.717, 1.165) is 5.56 Å². The van der Waals surface area contributed by atoms with Crippen LogP contribution in [0, 0.1) is 5.82 Å². The maximum absolute atomic E-state index is 13.4. The lowest BCUT2D eigenvalue weighted by Crippen LogP contribution is -2.37. The number of aromatic nitrogens is 2. The molecule has 0 amide bonds. The molecular formula is C24H18ClFN2O3S. The molecule has 0 bridgehead atoms. The summed E-state index contributed by atoms with van der Waals surface area (Å²) < 4.78 is 26.9. The summed E-state index contributed by atoms with van der Waals surface area (Å²) >= 11 is 7.56. The molecule has 0 N–H and O–H groups in total. The van der Waals surface area contributed by atoms with Crippen LogP contribution in [0.15, 0.2) is 76.7 Å².